The minimum atomic E-state index is 0.301. The summed E-state index contributed by atoms with van der Waals surface area (Å²) in [5.74, 6) is 1.10. The molecule has 1 aromatic rings. The van der Waals surface area contributed by atoms with Crippen LogP contribution in [-0.4, -0.2) is 18.3 Å². The van der Waals surface area contributed by atoms with Crippen LogP contribution in [0.15, 0.2) is 33.6 Å². The second kappa shape index (κ2) is 6.81. The van der Waals surface area contributed by atoms with Gasteiger partial charge < -0.3 is 5.32 Å². The highest BCUT2D eigenvalue weighted by Gasteiger charge is 2.23. The molecule has 1 nitrogen and oxygen atoms in total. The molecule has 1 atom stereocenters. The molecule has 0 aliphatic carbocycles. The van der Waals surface area contributed by atoms with Crippen molar-refractivity contribution in [3.8, 4) is 0 Å². The summed E-state index contributed by atoms with van der Waals surface area (Å²) in [6, 6.07) is 9.04. The maximum absolute atomic E-state index is 3.57. The van der Waals surface area contributed by atoms with E-state index in [9.17, 15) is 0 Å². The van der Waals surface area contributed by atoms with Gasteiger partial charge in [-0.25, -0.2) is 0 Å². The zero-order chi connectivity index (χ0) is 12.9. The van der Waals surface area contributed by atoms with Gasteiger partial charge in [-0.3, -0.25) is 0 Å². The van der Waals surface area contributed by atoms with Crippen LogP contribution in [-0.2, 0) is 0 Å². The van der Waals surface area contributed by atoms with Gasteiger partial charge in [-0.05, 0) is 30.2 Å². The lowest BCUT2D eigenvalue weighted by atomic mass is 9.88. The van der Waals surface area contributed by atoms with Gasteiger partial charge in [0.25, 0.3) is 0 Å². The monoisotopic (exact) mass is 315 g/mol. The highest BCUT2D eigenvalue weighted by atomic mass is 79.9. The molecule has 0 aromatic heterocycles. The average molecular weight is 316 g/mol. The maximum Gasteiger partial charge on any atom is 0.0210 e. The first kappa shape index (κ1) is 15.1. The van der Waals surface area contributed by atoms with E-state index in [2.05, 4.69) is 73.2 Å². The number of rotatable bonds is 5. The van der Waals surface area contributed by atoms with Crippen LogP contribution in [0.3, 0.4) is 0 Å². The number of hydrogen-bond donors (Lipinski definition) is 1. The van der Waals surface area contributed by atoms with Gasteiger partial charge in [0, 0.05) is 21.2 Å². The molecular formula is C14H22BrNS. The topological polar surface area (TPSA) is 12.0 Å². The molecule has 1 N–H and O–H groups in total. The Morgan fingerprint density at radius 3 is 2.59 bits per heavy atom. The summed E-state index contributed by atoms with van der Waals surface area (Å²) in [5, 5.41) is 3.57. The smallest absolute Gasteiger partial charge is 0.0210 e. The zero-order valence-electron chi connectivity index (χ0n) is 11.1. The Hall–Kier alpha value is 0.01000. The van der Waals surface area contributed by atoms with Crippen LogP contribution in [0.1, 0.15) is 27.7 Å². The molecular weight excluding hydrogens is 294 g/mol. The van der Waals surface area contributed by atoms with Crippen LogP contribution in [0, 0.1) is 5.41 Å². The number of nitrogens with one attached hydrogen (secondary N) is 1. The Balaban J connectivity index is 2.58. The molecule has 0 radical (unpaired) electrons. The van der Waals surface area contributed by atoms with Crippen LogP contribution < -0.4 is 5.32 Å². The normalized spacial score (nSPS) is 13.7. The fourth-order valence-electron chi connectivity index (χ4n) is 1.60. The molecule has 0 saturated heterocycles. The molecule has 0 aliphatic rings. The van der Waals surface area contributed by atoms with Crippen LogP contribution >= 0.6 is 27.7 Å². The Labute approximate surface area is 118 Å². The van der Waals surface area contributed by atoms with Gasteiger partial charge in [0.15, 0.2) is 0 Å². The molecule has 1 unspecified atom stereocenters. The van der Waals surface area contributed by atoms with Gasteiger partial charge in [0.2, 0.25) is 0 Å². The minimum absolute atomic E-state index is 0.301. The third-order valence-electron chi connectivity index (χ3n) is 2.71. The minimum Gasteiger partial charge on any atom is -0.313 e. The second-order valence-corrected chi connectivity index (χ2v) is 7.25. The first-order chi connectivity index (χ1) is 7.93. The summed E-state index contributed by atoms with van der Waals surface area (Å²) < 4.78 is 1.15. The van der Waals surface area contributed by atoms with Crippen molar-refractivity contribution in [3.63, 3.8) is 0 Å². The molecule has 0 spiro atoms. The summed E-state index contributed by atoms with van der Waals surface area (Å²) in [7, 11) is 0. The van der Waals surface area contributed by atoms with Gasteiger partial charge in [0.1, 0.15) is 0 Å². The Morgan fingerprint density at radius 2 is 2.06 bits per heavy atom. The van der Waals surface area contributed by atoms with Crippen molar-refractivity contribution in [2.24, 2.45) is 5.41 Å². The molecule has 0 aliphatic heterocycles. The van der Waals surface area contributed by atoms with Gasteiger partial charge in [-0.1, -0.05) is 49.7 Å². The van der Waals surface area contributed by atoms with Crippen molar-refractivity contribution in [2.45, 2.75) is 38.6 Å². The maximum atomic E-state index is 3.57. The van der Waals surface area contributed by atoms with E-state index in [0.29, 0.717) is 11.5 Å². The standard InChI is InChI=1S/C14H22BrNS/c1-5-16-13(14(2,3)4)10-17-12-8-6-7-11(15)9-12/h6-9,13,16H,5,10H2,1-4H3. The number of hydrogen-bond acceptors (Lipinski definition) is 2. The summed E-state index contributed by atoms with van der Waals surface area (Å²) in [6.07, 6.45) is 0. The second-order valence-electron chi connectivity index (χ2n) is 5.24. The van der Waals surface area contributed by atoms with E-state index < -0.39 is 0 Å². The summed E-state index contributed by atoms with van der Waals surface area (Å²) in [6.45, 7) is 10.1. The third-order valence-corrected chi connectivity index (χ3v) is 4.29. The van der Waals surface area contributed by atoms with Gasteiger partial charge in [0.05, 0.1) is 0 Å². The molecule has 3 heteroatoms. The number of thioether (sulfide) groups is 1. The van der Waals surface area contributed by atoms with E-state index in [1.165, 1.54) is 4.90 Å². The molecule has 96 valence electrons. The lowest BCUT2D eigenvalue weighted by molar-refractivity contribution is 0.295. The predicted octanol–water partition coefficient (Wildman–Crippen LogP) is 4.57. The van der Waals surface area contributed by atoms with Crippen molar-refractivity contribution < 1.29 is 0 Å². The first-order valence-corrected chi connectivity index (χ1v) is 7.83. The van der Waals surface area contributed by atoms with Crippen LogP contribution in [0.2, 0.25) is 0 Å². The van der Waals surface area contributed by atoms with E-state index in [-0.39, 0.29) is 0 Å². The molecule has 1 rings (SSSR count). The first-order valence-electron chi connectivity index (χ1n) is 6.05. The lowest BCUT2D eigenvalue weighted by Gasteiger charge is -2.31. The van der Waals surface area contributed by atoms with Crippen molar-refractivity contribution in [1.82, 2.24) is 5.32 Å². The zero-order valence-corrected chi connectivity index (χ0v) is 13.5. The summed E-state index contributed by atoms with van der Waals surface area (Å²) in [5.41, 5.74) is 0.301. The van der Waals surface area contributed by atoms with Crippen LogP contribution in [0.5, 0.6) is 0 Å². The quantitative estimate of drug-likeness (QED) is 0.799. The Morgan fingerprint density at radius 1 is 1.35 bits per heavy atom. The fourth-order valence-corrected chi connectivity index (χ4v) is 3.51. The average Bonchev–Trinajstić information content (AvgIpc) is 2.22. The molecule has 0 saturated carbocycles. The Kier molecular flexibility index (Phi) is 6.04. The van der Waals surface area contributed by atoms with E-state index in [1.807, 2.05) is 11.8 Å². The van der Waals surface area contributed by atoms with E-state index in [0.717, 1.165) is 16.8 Å². The molecule has 0 fully saturated rings. The van der Waals surface area contributed by atoms with Gasteiger partial charge in [-0.2, -0.15) is 0 Å². The molecule has 0 bridgehead atoms. The third kappa shape index (κ3) is 5.45. The van der Waals surface area contributed by atoms with Crippen LogP contribution in [0.25, 0.3) is 0 Å². The Bertz CT molecular complexity index is 346. The van der Waals surface area contributed by atoms with Crippen molar-refractivity contribution in [2.75, 3.05) is 12.3 Å². The van der Waals surface area contributed by atoms with E-state index in [1.54, 1.807) is 0 Å². The van der Waals surface area contributed by atoms with Crippen molar-refractivity contribution >= 4 is 27.7 Å². The lowest BCUT2D eigenvalue weighted by Crippen LogP contribution is -2.42. The molecule has 1 aromatic carbocycles. The van der Waals surface area contributed by atoms with Gasteiger partial charge >= 0.3 is 0 Å². The summed E-state index contributed by atoms with van der Waals surface area (Å²) >= 11 is 5.43. The molecule has 0 amide bonds. The van der Waals surface area contributed by atoms with Crippen molar-refractivity contribution in [3.05, 3.63) is 28.7 Å². The molecule has 17 heavy (non-hydrogen) atoms. The number of benzene rings is 1. The highest BCUT2D eigenvalue weighted by molar-refractivity contribution is 9.10. The fraction of sp³-hybridized carbons (Fsp3) is 0.571. The largest absolute Gasteiger partial charge is 0.313 e. The summed E-state index contributed by atoms with van der Waals surface area (Å²) in [4.78, 5) is 1.33. The van der Waals surface area contributed by atoms with E-state index >= 15 is 0 Å². The number of halogens is 1. The predicted molar refractivity (Wildman–Crippen MR) is 81.8 cm³/mol. The van der Waals surface area contributed by atoms with Gasteiger partial charge in [-0.15, -0.1) is 11.8 Å². The van der Waals surface area contributed by atoms with Crippen molar-refractivity contribution in [1.29, 1.82) is 0 Å². The SMILES string of the molecule is CCNC(CSc1cccc(Br)c1)C(C)(C)C. The van der Waals surface area contributed by atoms with E-state index in [4.69, 9.17) is 0 Å². The molecule has 0 heterocycles. The van der Waals surface area contributed by atoms with Crippen LogP contribution in [0.4, 0.5) is 0 Å². The highest BCUT2D eigenvalue weighted by Crippen LogP contribution is 2.27.